The lowest BCUT2D eigenvalue weighted by Gasteiger charge is -2.10. The van der Waals surface area contributed by atoms with E-state index in [1.54, 1.807) is 23.5 Å². The molecule has 0 aromatic heterocycles. The lowest BCUT2D eigenvalue weighted by Crippen LogP contribution is -2.22. The zero-order valence-electron chi connectivity index (χ0n) is 15.3. The fourth-order valence-corrected chi connectivity index (χ4v) is 4.77. The second-order valence-electron chi connectivity index (χ2n) is 6.11. The molecule has 6 heteroatoms. The van der Waals surface area contributed by atoms with Crippen molar-refractivity contribution >= 4 is 46.7 Å². The Bertz CT molecular complexity index is 367. The Kier molecular flexibility index (Phi) is 13.3. The Balaban J connectivity index is 3.58. The Labute approximate surface area is 154 Å². The van der Waals surface area contributed by atoms with Gasteiger partial charge in [0.1, 0.15) is 23.1 Å². The first-order valence-electron chi connectivity index (χ1n) is 8.44. The summed E-state index contributed by atoms with van der Waals surface area (Å²) >= 11 is 3.35. The summed E-state index contributed by atoms with van der Waals surface area (Å²) < 4.78 is 0. The van der Waals surface area contributed by atoms with Crippen molar-refractivity contribution in [1.82, 2.24) is 0 Å². The van der Waals surface area contributed by atoms with E-state index < -0.39 is 11.8 Å². The minimum absolute atomic E-state index is 0.0403. The third-order valence-corrected chi connectivity index (χ3v) is 6.15. The SMILES string of the molecule is CC(=O)C(CSCCCCCCSCC(C(C)=O)C(C)=O)C(C)=O. The van der Waals surface area contributed by atoms with Crippen molar-refractivity contribution in [3.63, 3.8) is 0 Å². The van der Waals surface area contributed by atoms with Gasteiger partial charge in [-0.15, -0.1) is 0 Å². The number of rotatable bonds is 15. The van der Waals surface area contributed by atoms with E-state index in [0.29, 0.717) is 11.5 Å². The highest BCUT2D eigenvalue weighted by Crippen LogP contribution is 2.16. The normalized spacial score (nSPS) is 11.1. The number of ketones is 4. The smallest absolute Gasteiger partial charge is 0.141 e. The molecule has 0 aliphatic carbocycles. The molecule has 0 unspecified atom stereocenters. The Morgan fingerprint density at radius 2 is 0.875 bits per heavy atom. The van der Waals surface area contributed by atoms with Crippen LogP contribution in [0.3, 0.4) is 0 Å². The van der Waals surface area contributed by atoms with Crippen LogP contribution in [0.2, 0.25) is 0 Å². The summed E-state index contributed by atoms with van der Waals surface area (Å²) in [6.07, 6.45) is 4.42. The molecule has 0 atom stereocenters. The lowest BCUT2D eigenvalue weighted by atomic mass is 10.0. The minimum atomic E-state index is -0.443. The summed E-state index contributed by atoms with van der Waals surface area (Å²) in [5.41, 5.74) is 0. The first-order chi connectivity index (χ1) is 11.3. The van der Waals surface area contributed by atoms with Crippen molar-refractivity contribution in [1.29, 1.82) is 0 Å². The number of carbonyl (C=O) groups excluding carboxylic acids is 4. The molecular formula is C18H30O4S2. The van der Waals surface area contributed by atoms with Gasteiger partial charge in [-0.05, 0) is 52.0 Å². The van der Waals surface area contributed by atoms with Gasteiger partial charge < -0.3 is 0 Å². The molecule has 0 aliphatic rings. The molecule has 0 saturated heterocycles. The van der Waals surface area contributed by atoms with E-state index in [4.69, 9.17) is 0 Å². The van der Waals surface area contributed by atoms with E-state index in [2.05, 4.69) is 0 Å². The minimum Gasteiger partial charge on any atom is -0.299 e. The van der Waals surface area contributed by atoms with Gasteiger partial charge in [0.15, 0.2) is 0 Å². The second kappa shape index (κ2) is 13.6. The van der Waals surface area contributed by atoms with Crippen LogP contribution in [0.25, 0.3) is 0 Å². The summed E-state index contributed by atoms with van der Waals surface area (Å²) in [4.78, 5) is 45.2. The van der Waals surface area contributed by atoms with Crippen molar-refractivity contribution in [3.8, 4) is 0 Å². The lowest BCUT2D eigenvalue weighted by molar-refractivity contribution is -0.131. The monoisotopic (exact) mass is 374 g/mol. The van der Waals surface area contributed by atoms with Gasteiger partial charge in [-0.3, -0.25) is 19.2 Å². The van der Waals surface area contributed by atoms with Crippen LogP contribution in [-0.2, 0) is 19.2 Å². The molecule has 0 aromatic carbocycles. The molecule has 0 radical (unpaired) electrons. The topological polar surface area (TPSA) is 68.3 Å². The summed E-state index contributed by atoms with van der Waals surface area (Å²) in [5.74, 6) is 2.09. The molecule has 0 saturated carbocycles. The number of unbranched alkanes of at least 4 members (excludes halogenated alkanes) is 3. The van der Waals surface area contributed by atoms with Gasteiger partial charge in [-0.1, -0.05) is 12.8 Å². The van der Waals surface area contributed by atoms with Crippen molar-refractivity contribution < 1.29 is 19.2 Å². The largest absolute Gasteiger partial charge is 0.299 e. The maximum atomic E-state index is 11.3. The molecule has 0 aliphatic heterocycles. The number of carbonyl (C=O) groups is 4. The highest BCUT2D eigenvalue weighted by molar-refractivity contribution is 7.99. The number of hydrogen-bond donors (Lipinski definition) is 0. The van der Waals surface area contributed by atoms with E-state index in [-0.39, 0.29) is 23.1 Å². The van der Waals surface area contributed by atoms with Crippen LogP contribution in [0.5, 0.6) is 0 Å². The maximum Gasteiger partial charge on any atom is 0.141 e. The Morgan fingerprint density at radius 3 is 1.12 bits per heavy atom. The molecule has 0 spiro atoms. The number of thioether (sulfide) groups is 2. The van der Waals surface area contributed by atoms with Crippen LogP contribution in [-0.4, -0.2) is 46.1 Å². The molecule has 0 amide bonds. The van der Waals surface area contributed by atoms with Crippen molar-refractivity contribution in [2.75, 3.05) is 23.0 Å². The zero-order valence-corrected chi connectivity index (χ0v) is 16.9. The van der Waals surface area contributed by atoms with Crippen LogP contribution in [0.1, 0.15) is 53.4 Å². The number of Topliss-reactive ketones (excluding diaryl/α,β-unsaturated/α-hetero) is 4. The fraction of sp³-hybridized carbons (Fsp3) is 0.778. The summed E-state index contributed by atoms with van der Waals surface area (Å²) in [5, 5.41) is 0. The zero-order chi connectivity index (χ0) is 18.5. The van der Waals surface area contributed by atoms with Crippen LogP contribution < -0.4 is 0 Å². The molecule has 0 heterocycles. The first-order valence-corrected chi connectivity index (χ1v) is 10.8. The second-order valence-corrected chi connectivity index (χ2v) is 8.41. The molecule has 0 rings (SSSR count). The van der Waals surface area contributed by atoms with E-state index in [0.717, 1.165) is 37.2 Å². The van der Waals surface area contributed by atoms with Crippen molar-refractivity contribution in [2.45, 2.75) is 53.4 Å². The third kappa shape index (κ3) is 11.0. The fourth-order valence-electron chi connectivity index (χ4n) is 2.21. The summed E-state index contributed by atoms with van der Waals surface area (Å²) in [6.45, 7) is 5.92. The number of hydrogen-bond acceptors (Lipinski definition) is 6. The van der Waals surface area contributed by atoms with E-state index in [1.807, 2.05) is 0 Å². The van der Waals surface area contributed by atoms with Gasteiger partial charge in [0.2, 0.25) is 0 Å². The van der Waals surface area contributed by atoms with E-state index >= 15 is 0 Å². The quantitative estimate of drug-likeness (QED) is 0.322. The molecule has 138 valence electrons. The van der Waals surface area contributed by atoms with Crippen LogP contribution in [0.15, 0.2) is 0 Å². The predicted octanol–water partition coefficient (Wildman–Crippen LogP) is 3.60. The maximum absolute atomic E-state index is 11.3. The summed E-state index contributed by atoms with van der Waals surface area (Å²) in [6, 6.07) is 0. The van der Waals surface area contributed by atoms with Gasteiger partial charge in [0, 0.05) is 11.5 Å². The predicted molar refractivity (Wildman–Crippen MR) is 103 cm³/mol. The van der Waals surface area contributed by atoms with Gasteiger partial charge in [0.05, 0.1) is 11.8 Å². The average Bonchev–Trinajstić information content (AvgIpc) is 2.46. The van der Waals surface area contributed by atoms with Gasteiger partial charge in [-0.2, -0.15) is 23.5 Å². The molecular weight excluding hydrogens is 344 g/mol. The third-order valence-electron chi connectivity index (χ3n) is 3.86. The molecule has 0 bridgehead atoms. The Morgan fingerprint density at radius 1 is 0.583 bits per heavy atom. The standard InChI is InChI=1S/C18H30O4S2/c1-13(19)17(14(2)20)11-23-9-7-5-6-8-10-24-12-18(15(3)21)16(4)22/h17-18H,5-12H2,1-4H3. The van der Waals surface area contributed by atoms with Gasteiger partial charge >= 0.3 is 0 Å². The van der Waals surface area contributed by atoms with Gasteiger partial charge in [-0.25, -0.2) is 0 Å². The molecule has 24 heavy (non-hydrogen) atoms. The molecule has 0 fully saturated rings. The van der Waals surface area contributed by atoms with Crippen LogP contribution in [0, 0.1) is 11.8 Å². The van der Waals surface area contributed by atoms with Crippen molar-refractivity contribution in [3.05, 3.63) is 0 Å². The van der Waals surface area contributed by atoms with Gasteiger partial charge in [0.25, 0.3) is 0 Å². The Hall–Kier alpha value is -0.620. The molecule has 0 N–H and O–H groups in total. The van der Waals surface area contributed by atoms with Crippen LogP contribution >= 0.6 is 23.5 Å². The highest BCUT2D eigenvalue weighted by Gasteiger charge is 2.19. The van der Waals surface area contributed by atoms with E-state index in [9.17, 15) is 19.2 Å². The van der Waals surface area contributed by atoms with Crippen LogP contribution in [0.4, 0.5) is 0 Å². The first kappa shape index (κ1) is 23.4. The molecule has 4 nitrogen and oxygen atoms in total. The van der Waals surface area contributed by atoms with E-state index in [1.165, 1.54) is 27.7 Å². The highest BCUT2D eigenvalue weighted by atomic mass is 32.2. The molecule has 0 aromatic rings. The average molecular weight is 375 g/mol. The van der Waals surface area contributed by atoms with Crippen molar-refractivity contribution in [2.24, 2.45) is 11.8 Å². The summed E-state index contributed by atoms with van der Waals surface area (Å²) in [7, 11) is 0.